The van der Waals surface area contributed by atoms with E-state index in [9.17, 15) is 18.0 Å². The van der Waals surface area contributed by atoms with Crippen LogP contribution in [0, 0.1) is 0 Å². The van der Waals surface area contributed by atoms with Crippen molar-refractivity contribution < 1.29 is 22.7 Å². The van der Waals surface area contributed by atoms with E-state index >= 15 is 0 Å². The van der Waals surface area contributed by atoms with Gasteiger partial charge in [-0.25, -0.2) is 9.67 Å². The van der Waals surface area contributed by atoms with Crippen molar-refractivity contribution in [3.63, 3.8) is 0 Å². The fourth-order valence-corrected chi connectivity index (χ4v) is 3.31. The van der Waals surface area contributed by atoms with Gasteiger partial charge < -0.3 is 10.1 Å². The molecule has 1 aliphatic heterocycles. The molecule has 4 rings (SSSR count). The van der Waals surface area contributed by atoms with Crippen LogP contribution in [0.15, 0.2) is 42.6 Å². The van der Waals surface area contributed by atoms with Crippen LogP contribution in [0.2, 0.25) is 0 Å². The average Bonchev–Trinajstić information content (AvgIpc) is 2.85. The third kappa shape index (κ3) is 3.80. The van der Waals surface area contributed by atoms with Crippen LogP contribution < -0.4 is 10.1 Å². The molecule has 0 bridgehead atoms. The monoisotopic (exact) mass is 402 g/mol. The first-order valence-corrected chi connectivity index (χ1v) is 8.96. The Kier molecular flexibility index (Phi) is 4.73. The number of aromatic nitrogens is 3. The van der Waals surface area contributed by atoms with Crippen molar-refractivity contribution in [1.29, 1.82) is 0 Å². The Morgan fingerprint density at radius 2 is 2.14 bits per heavy atom. The molecule has 1 amide bonds. The van der Waals surface area contributed by atoms with Gasteiger partial charge in [-0.2, -0.15) is 18.3 Å². The minimum atomic E-state index is -4.46. The average molecular weight is 402 g/mol. The molecule has 1 N–H and O–H groups in total. The SMILES string of the molecule is Cn1nc(NC(=O)/C=C2\CCCOc3cc(C(F)(F)F)ccc32)c2cccnc21. The maximum absolute atomic E-state index is 13.0. The lowest BCUT2D eigenvalue weighted by Crippen LogP contribution is -2.10. The highest BCUT2D eigenvalue weighted by Crippen LogP contribution is 2.38. The molecule has 3 aromatic rings. The van der Waals surface area contributed by atoms with Crippen molar-refractivity contribution >= 4 is 28.3 Å². The molecule has 29 heavy (non-hydrogen) atoms. The standard InChI is InChI=1S/C20H17F3N4O2/c1-27-19-15(5-2-8-24-19)18(26-27)25-17(28)10-12-4-3-9-29-16-11-13(20(21,22)23)6-7-14(12)16/h2,5-8,10-11H,3-4,9H2,1H3,(H,25,26,28)/b12-10+. The Balaban J connectivity index is 1.65. The van der Waals surface area contributed by atoms with Crippen LogP contribution in [0.4, 0.5) is 19.0 Å². The van der Waals surface area contributed by atoms with Gasteiger partial charge >= 0.3 is 6.18 Å². The molecule has 6 nitrogen and oxygen atoms in total. The van der Waals surface area contributed by atoms with Crippen LogP contribution in [0.5, 0.6) is 5.75 Å². The molecule has 0 saturated carbocycles. The molecular weight excluding hydrogens is 385 g/mol. The number of ether oxygens (including phenoxy) is 1. The molecule has 0 fully saturated rings. The minimum absolute atomic E-state index is 0.129. The summed E-state index contributed by atoms with van der Waals surface area (Å²) in [5.41, 5.74) is 0.943. The van der Waals surface area contributed by atoms with E-state index in [-0.39, 0.29) is 12.4 Å². The van der Waals surface area contributed by atoms with Crippen LogP contribution >= 0.6 is 0 Å². The molecule has 0 saturated heterocycles. The topological polar surface area (TPSA) is 69.0 Å². The number of nitrogens with zero attached hydrogens (tertiary/aromatic N) is 3. The third-order valence-corrected chi connectivity index (χ3v) is 4.65. The number of alkyl halides is 3. The first-order chi connectivity index (χ1) is 13.8. The summed E-state index contributed by atoms with van der Waals surface area (Å²) in [5, 5.41) is 7.69. The zero-order valence-corrected chi connectivity index (χ0v) is 15.5. The molecule has 0 radical (unpaired) electrons. The zero-order chi connectivity index (χ0) is 20.6. The Hall–Kier alpha value is -3.36. The number of hydrogen-bond donors (Lipinski definition) is 1. The molecule has 1 aliphatic rings. The predicted molar refractivity (Wildman–Crippen MR) is 101 cm³/mol. The molecule has 1 aromatic carbocycles. The smallest absolute Gasteiger partial charge is 0.416 e. The van der Waals surface area contributed by atoms with Gasteiger partial charge in [-0.05, 0) is 42.7 Å². The van der Waals surface area contributed by atoms with E-state index in [1.54, 1.807) is 30.1 Å². The summed E-state index contributed by atoms with van der Waals surface area (Å²) in [5.74, 6) is 0.0791. The number of rotatable bonds is 2. The number of carbonyl (C=O) groups is 1. The van der Waals surface area contributed by atoms with Gasteiger partial charge in [0, 0.05) is 24.9 Å². The number of amides is 1. The van der Waals surface area contributed by atoms with Gasteiger partial charge in [0.25, 0.3) is 0 Å². The maximum Gasteiger partial charge on any atom is 0.416 e. The van der Waals surface area contributed by atoms with Crippen LogP contribution in [0.1, 0.15) is 24.0 Å². The van der Waals surface area contributed by atoms with Gasteiger partial charge in [0.2, 0.25) is 5.91 Å². The molecular formula is C20H17F3N4O2. The van der Waals surface area contributed by atoms with Crippen LogP contribution in [-0.2, 0) is 18.0 Å². The fraction of sp³-hybridized carbons (Fsp3) is 0.250. The van der Waals surface area contributed by atoms with Gasteiger partial charge in [-0.1, -0.05) is 6.07 Å². The first kappa shape index (κ1) is 19.0. The van der Waals surface area contributed by atoms with E-state index < -0.39 is 17.6 Å². The summed E-state index contributed by atoms with van der Waals surface area (Å²) in [7, 11) is 1.72. The quantitative estimate of drug-likeness (QED) is 0.653. The number of allylic oxidation sites excluding steroid dienone is 1. The third-order valence-electron chi connectivity index (χ3n) is 4.65. The molecule has 0 atom stereocenters. The van der Waals surface area contributed by atoms with E-state index in [1.807, 2.05) is 0 Å². The van der Waals surface area contributed by atoms with Gasteiger partial charge in [0.05, 0.1) is 17.6 Å². The van der Waals surface area contributed by atoms with Crippen molar-refractivity contribution in [2.45, 2.75) is 19.0 Å². The summed E-state index contributed by atoms with van der Waals surface area (Å²) in [6.07, 6.45) is -0.338. The Morgan fingerprint density at radius 3 is 2.93 bits per heavy atom. The Morgan fingerprint density at radius 1 is 1.31 bits per heavy atom. The number of nitrogens with one attached hydrogen (secondary N) is 1. The lowest BCUT2D eigenvalue weighted by atomic mass is 9.99. The van der Waals surface area contributed by atoms with E-state index in [1.165, 1.54) is 12.1 Å². The highest BCUT2D eigenvalue weighted by molar-refractivity contribution is 6.07. The molecule has 150 valence electrons. The summed E-state index contributed by atoms with van der Waals surface area (Å²) < 4.78 is 46.0. The summed E-state index contributed by atoms with van der Waals surface area (Å²) in [6.45, 7) is 0.282. The van der Waals surface area contributed by atoms with Crippen molar-refractivity contribution in [3.8, 4) is 5.75 Å². The lowest BCUT2D eigenvalue weighted by Gasteiger charge is -2.13. The Labute approximate surface area is 164 Å². The van der Waals surface area contributed by atoms with Gasteiger partial charge in [-0.3, -0.25) is 4.79 Å². The Bertz CT molecular complexity index is 1120. The second-order valence-corrected chi connectivity index (χ2v) is 6.67. The number of carbonyl (C=O) groups excluding carboxylic acids is 1. The molecule has 9 heteroatoms. The summed E-state index contributed by atoms with van der Waals surface area (Å²) in [6, 6.07) is 6.87. The largest absolute Gasteiger partial charge is 0.493 e. The second kappa shape index (κ2) is 7.23. The number of hydrogen-bond acceptors (Lipinski definition) is 4. The molecule has 3 heterocycles. The predicted octanol–water partition coefficient (Wildman–Crippen LogP) is 4.18. The van der Waals surface area contributed by atoms with Crippen molar-refractivity contribution in [2.75, 3.05) is 11.9 Å². The fourth-order valence-electron chi connectivity index (χ4n) is 3.31. The van der Waals surface area contributed by atoms with E-state index in [2.05, 4.69) is 15.4 Å². The maximum atomic E-state index is 13.0. The normalized spacial score (nSPS) is 15.7. The van der Waals surface area contributed by atoms with Crippen LogP contribution in [0.25, 0.3) is 16.6 Å². The van der Waals surface area contributed by atoms with Gasteiger partial charge in [-0.15, -0.1) is 0 Å². The first-order valence-electron chi connectivity index (χ1n) is 8.96. The number of anilines is 1. The summed E-state index contributed by atoms with van der Waals surface area (Å²) in [4.78, 5) is 16.8. The molecule has 0 spiro atoms. The number of aryl methyl sites for hydroxylation is 1. The zero-order valence-electron chi connectivity index (χ0n) is 15.5. The van der Waals surface area contributed by atoms with Crippen molar-refractivity contribution in [1.82, 2.24) is 14.8 Å². The second-order valence-electron chi connectivity index (χ2n) is 6.67. The molecule has 0 unspecified atom stereocenters. The summed E-state index contributed by atoms with van der Waals surface area (Å²) >= 11 is 0. The van der Waals surface area contributed by atoms with Crippen LogP contribution in [0.3, 0.4) is 0 Å². The lowest BCUT2D eigenvalue weighted by molar-refractivity contribution is -0.137. The minimum Gasteiger partial charge on any atom is -0.493 e. The molecule has 0 aliphatic carbocycles. The highest BCUT2D eigenvalue weighted by atomic mass is 19.4. The number of pyridine rings is 1. The van der Waals surface area contributed by atoms with Gasteiger partial charge in [0.1, 0.15) is 5.75 Å². The van der Waals surface area contributed by atoms with Gasteiger partial charge in [0.15, 0.2) is 11.5 Å². The number of halogens is 3. The van der Waals surface area contributed by atoms with Crippen molar-refractivity contribution in [3.05, 3.63) is 53.7 Å². The van der Waals surface area contributed by atoms with Crippen molar-refractivity contribution in [2.24, 2.45) is 7.05 Å². The van der Waals surface area contributed by atoms with Crippen LogP contribution in [-0.4, -0.2) is 27.3 Å². The number of fused-ring (bicyclic) bond motifs is 2. The van der Waals surface area contributed by atoms with E-state index in [0.29, 0.717) is 40.8 Å². The van der Waals surface area contributed by atoms with E-state index in [0.717, 1.165) is 12.1 Å². The molecule has 2 aromatic heterocycles. The highest BCUT2D eigenvalue weighted by Gasteiger charge is 2.32. The number of benzene rings is 1. The van der Waals surface area contributed by atoms with E-state index in [4.69, 9.17) is 4.74 Å².